The summed E-state index contributed by atoms with van der Waals surface area (Å²) in [7, 11) is 0. The lowest BCUT2D eigenvalue weighted by atomic mass is 10.1. The summed E-state index contributed by atoms with van der Waals surface area (Å²) in [5.41, 5.74) is 0.914. The van der Waals surface area contributed by atoms with E-state index in [-0.39, 0.29) is 5.91 Å². The van der Waals surface area contributed by atoms with Crippen LogP contribution in [-0.4, -0.2) is 59.1 Å². The molecule has 1 aromatic carbocycles. The number of rotatable bonds is 3. The van der Waals surface area contributed by atoms with Crippen LogP contribution in [0.15, 0.2) is 18.2 Å². The van der Waals surface area contributed by atoms with Crippen LogP contribution in [0.25, 0.3) is 0 Å². The van der Waals surface area contributed by atoms with Gasteiger partial charge in [-0.05, 0) is 38.5 Å². The smallest absolute Gasteiger partial charge is 0.255 e. The van der Waals surface area contributed by atoms with Crippen LogP contribution in [0.2, 0.25) is 5.02 Å². The highest BCUT2D eigenvalue weighted by Crippen LogP contribution is 2.20. The van der Waals surface area contributed by atoms with Gasteiger partial charge in [0.05, 0.1) is 16.2 Å². The van der Waals surface area contributed by atoms with Gasteiger partial charge in [0.1, 0.15) is 0 Å². The van der Waals surface area contributed by atoms with E-state index in [1.165, 1.54) is 0 Å². The summed E-state index contributed by atoms with van der Waals surface area (Å²) >= 11 is 6.17. The number of carbonyl (C=O) groups is 1. The first-order valence-corrected chi connectivity index (χ1v) is 7.64. The van der Waals surface area contributed by atoms with Gasteiger partial charge in [0, 0.05) is 32.7 Å². The third-order valence-corrected chi connectivity index (χ3v) is 3.94. The van der Waals surface area contributed by atoms with Crippen molar-refractivity contribution in [3.8, 4) is 0 Å². The number of benzene rings is 1. The van der Waals surface area contributed by atoms with Crippen molar-refractivity contribution < 1.29 is 9.90 Å². The molecule has 0 bridgehead atoms. The van der Waals surface area contributed by atoms with Gasteiger partial charge in [0.15, 0.2) is 0 Å². The molecule has 0 aromatic heterocycles. The number of hydrogen-bond donors (Lipinski definition) is 1. The molecule has 0 atom stereocenters. The minimum atomic E-state index is -0.702. The van der Waals surface area contributed by atoms with Gasteiger partial charge in [-0.25, -0.2) is 0 Å². The van der Waals surface area contributed by atoms with Gasteiger partial charge in [-0.15, -0.1) is 0 Å². The maximum absolute atomic E-state index is 12.5. The Morgan fingerprint density at radius 3 is 2.43 bits per heavy atom. The minimum absolute atomic E-state index is 0.0112. The number of nitrogens with zero attached hydrogens (tertiary/aromatic N) is 2. The maximum Gasteiger partial charge on any atom is 0.255 e. The molecular formula is C16H23ClN2O2. The van der Waals surface area contributed by atoms with Crippen LogP contribution < -0.4 is 0 Å². The van der Waals surface area contributed by atoms with Crippen molar-refractivity contribution in [2.45, 2.75) is 26.4 Å². The molecule has 1 heterocycles. The molecule has 1 amide bonds. The first-order valence-electron chi connectivity index (χ1n) is 7.26. The molecule has 21 heavy (non-hydrogen) atoms. The highest BCUT2D eigenvalue weighted by molar-refractivity contribution is 6.33. The number of aryl methyl sites for hydroxylation is 1. The van der Waals surface area contributed by atoms with E-state index < -0.39 is 5.60 Å². The molecular weight excluding hydrogens is 288 g/mol. The van der Waals surface area contributed by atoms with Gasteiger partial charge in [-0.3, -0.25) is 9.69 Å². The molecule has 5 heteroatoms. The van der Waals surface area contributed by atoms with Crippen LogP contribution in [0.1, 0.15) is 29.8 Å². The second kappa shape index (κ2) is 6.34. The zero-order valence-electron chi connectivity index (χ0n) is 12.9. The van der Waals surface area contributed by atoms with Gasteiger partial charge >= 0.3 is 0 Å². The topological polar surface area (TPSA) is 43.8 Å². The van der Waals surface area contributed by atoms with E-state index in [0.717, 1.165) is 18.7 Å². The summed E-state index contributed by atoms with van der Waals surface area (Å²) in [6.45, 7) is 9.07. The molecule has 1 fully saturated rings. The zero-order valence-corrected chi connectivity index (χ0v) is 13.7. The Hall–Kier alpha value is -1.10. The van der Waals surface area contributed by atoms with Gasteiger partial charge in [0.25, 0.3) is 5.91 Å². The average molecular weight is 311 g/mol. The van der Waals surface area contributed by atoms with Gasteiger partial charge in [-0.1, -0.05) is 17.7 Å². The van der Waals surface area contributed by atoms with Crippen LogP contribution >= 0.6 is 11.6 Å². The van der Waals surface area contributed by atoms with E-state index in [1.807, 2.05) is 24.0 Å². The molecule has 1 N–H and O–H groups in total. The van der Waals surface area contributed by atoms with E-state index in [0.29, 0.717) is 30.2 Å². The first kappa shape index (κ1) is 16.3. The predicted molar refractivity (Wildman–Crippen MR) is 84.8 cm³/mol. The number of β-amino-alcohol motifs (C(OH)–C–C–N with tert-alkyl or cyclic N) is 1. The molecule has 1 aromatic rings. The number of aliphatic hydroxyl groups is 1. The SMILES string of the molecule is Cc1ccc(C(=O)N2CCN(CC(C)(C)O)CC2)c(Cl)c1. The molecule has 0 radical (unpaired) electrons. The predicted octanol–water partition coefficient (Wildman–Crippen LogP) is 2.18. The summed E-state index contributed by atoms with van der Waals surface area (Å²) in [5.74, 6) is -0.0112. The standard InChI is InChI=1S/C16H23ClN2O2/c1-12-4-5-13(14(17)10-12)15(20)19-8-6-18(7-9-19)11-16(2,3)21/h4-5,10,21H,6-9,11H2,1-3H3. The molecule has 1 saturated heterocycles. The summed E-state index contributed by atoms with van der Waals surface area (Å²) in [4.78, 5) is 16.5. The van der Waals surface area contributed by atoms with Crippen molar-refractivity contribution in [2.24, 2.45) is 0 Å². The second-order valence-corrected chi connectivity index (χ2v) is 6.77. The highest BCUT2D eigenvalue weighted by atomic mass is 35.5. The lowest BCUT2D eigenvalue weighted by Gasteiger charge is -2.37. The summed E-state index contributed by atoms with van der Waals surface area (Å²) < 4.78 is 0. The van der Waals surface area contributed by atoms with Crippen LogP contribution in [0.3, 0.4) is 0 Å². The fourth-order valence-corrected chi connectivity index (χ4v) is 2.94. The van der Waals surface area contributed by atoms with Crippen LogP contribution in [-0.2, 0) is 0 Å². The van der Waals surface area contributed by atoms with Crippen LogP contribution in [0.4, 0.5) is 0 Å². The third kappa shape index (κ3) is 4.43. The van der Waals surface area contributed by atoms with Crippen LogP contribution in [0.5, 0.6) is 0 Å². The minimum Gasteiger partial charge on any atom is -0.389 e. The molecule has 2 rings (SSSR count). The highest BCUT2D eigenvalue weighted by Gasteiger charge is 2.26. The van der Waals surface area contributed by atoms with Crippen molar-refractivity contribution in [2.75, 3.05) is 32.7 Å². The molecule has 0 unspecified atom stereocenters. The second-order valence-electron chi connectivity index (χ2n) is 6.36. The quantitative estimate of drug-likeness (QED) is 0.930. The van der Waals surface area contributed by atoms with Crippen molar-refractivity contribution in [3.63, 3.8) is 0 Å². The Labute approximate surface area is 131 Å². The molecule has 0 saturated carbocycles. The molecule has 0 spiro atoms. The van der Waals surface area contributed by atoms with Crippen molar-refractivity contribution >= 4 is 17.5 Å². The number of amides is 1. The van der Waals surface area contributed by atoms with Crippen molar-refractivity contribution in [1.82, 2.24) is 9.80 Å². The van der Waals surface area contributed by atoms with E-state index in [4.69, 9.17) is 11.6 Å². The zero-order chi connectivity index (χ0) is 15.6. The van der Waals surface area contributed by atoms with E-state index in [2.05, 4.69) is 4.90 Å². The largest absolute Gasteiger partial charge is 0.389 e. The molecule has 1 aliphatic rings. The normalized spacial score (nSPS) is 17.1. The molecule has 4 nitrogen and oxygen atoms in total. The molecule has 1 aliphatic heterocycles. The number of carbonyl (C=O) groups excluding carboxylic acids is 1. The van der Waals surface area contributed by atoms with Gasteiger partial charge < -0.3 is 10.0 Å². The third-order valence-electron chi connectivity index (χ3n) is 3.63. The van der Waals surface area contributed by atoms with E-state index in [1.54, 1.807) is 19.9 Å². The number of halogens is 1. The average Bonchev–Trinajstić information content (AvgIpc) is 2.37. The maximum atomic E-state index is 12.5. The Balaban J connectivity index is 1.97. The fourth-order valence-electron chi connectivity index (χ4n) is 2.62. The lowest BCUT2D eigenvalue weighted by Crippen LogP contribution is -2.52. The molecule has 116 valence electrons. The molecule has 0 aliphatic carbocycles. The van der Waals surface area contributed by atoms with Gasteiger partial charge in [-0.2, -0.15) is 0 Å². The Bertz CT molecular complexity index is 517. The monoisotopic (exact) mass is 310 g/mol. The van der Waals surface area contributed by atoms with Gasteiger partial charge in [0.2, 0.25) is 0 Å². The van der Waals surface area contributed by atoms with Crippen LogP contribution in [0, 0.1) is 6.92 Å². The lowest BCUT2D eigenvalue weighted by molar-refractivity contribution is 0.0178. The van der Waals surface area contributed by atoms with Crippen molar-refractivity contribution in [1.29, 1.82) is 0 Å². The van der Waals surface area contributed by atoms with Crippen molar-refractivity contribution in [3.05, 3.63) is 34.3 Å². The number of hydrogen-bond acceptors (Lipinski definition) is 3. The fraction of sp³-hybridized carbons (Fsp3) is 0.562. The van der Waals surface area contributed by atoms with E-state index >= 15 is 0 Å². The Kier molecular flexibility index (Phi) is 4.91. The Morgan fingerprint density at radius 2 is 1.90 bits per heavy atom. The number of piperazine rings is 1. The van der Waals surface area contributed by atoms with E-state index in [9.17, 15) is 9.90 Å². The summed E-state index contributed by atoms with van der Waals surface area (Å²) in [5, 5.41) is 10.4. The summed E-state index contributed by atoms with van der Waals surface area (Å²) in [6.07, 6.45) is 0. The first-order chi connectivity index (χ1) is 9.76. The summed E-state index contributed by atoms with van der Waals surface area (Å²) in [6, 6.07) is 5.52. The Morgan fingerprint density at radius 1 is 1.29 bits per heavy atom.